The normalized spacial score (nSPS) is 24.3. The number of carbonyl (C=O) groups is 1. The summed E-state index contributed by atoms with van der Waals surface area (Å²) < 4.78 is 35.6. The van der Waals surface area contributed by atoms with Gasteiger partial charge in [-0.05, 0) is 72.8 Å². The number of aliphatic hydroxyl groups is 1. The van der Waals surface area contributed by atoms with E-state index in [2.05, 4.69) is 15.3 Å². The fourth-order valence-electron chi connectivity index (χ4n) is 5.54. The molecule has 8 nitrogen and oxygen atoms in total. The van der Waals surface area contributed by atoms with Gasteiger partial charge in [0.1, 0.15) is 21.6 Å². The summed E-state index contributed by atoms with van der Waals surface area (Å²) in [5, 5.41) is 13.1. The minimum atomic E-state index is -0.744. The van der Waals surface area contributed by atoms with E-state index in [-0.39, 0.29) is 45.1 Å². The standard InChI is InChI=1S/C27H31F2N5O3S/c1-13-8-16(11-20(30)24(13)35)17-2-5-32-12-21(17)33-26(36)23-25(31)38-27(34-23)22-18(28)9-15(10-19(22)29)14-3-6-37-7-4-14/h2,5,9-10,12-14,16,20,24,35H,3-4,6-8,11,30-31H2,1H3,(H,33,36)/t13-,16+,20+,24+/m0/s1. The van der Waals surface area contributed by atoms with Gasteiger partial charge in [0.2, 0.25) is 0 Å². The Morgan fingerprint density at radius 2 is 1.89 bits per heavy atom. The van der Waals surface area contributed by atoms with Crippen molar-refractivity contribution >= 4 is 27.9 Å². The van der Waals surface area contributed by atoms with Crippen molar-refractivity contribution in [3.8, 4) is 10.6 Å². The van der Waals surface area contributed by atoms with E-state index in [0.29, 0.717) is 50.1 Å². The molecule has 0 bridgehead atoms. The highest BCUT2D eigenvalue weighted by molar-refractivity contribution is 7.19. The molecule has 0 spiro atoms. The molecule has 1 aliphatic carbocycles. The highest BCUT2D eigenvalue weighted by Gasteiger charge is 2.34. The van der Waals surface area contributed by atoms with Gasteiger partial charge in [-0.1, -0.05) is 18.3 Å². The molecule has 1 saturated carbocycles. The monoisotopic (exact) mass is 543 g/mol. The Kier molecular flexibility index (Phi) is 7.71. The average molecular weight is 544 g/mol. The molecule has 1 aliphatic heterocycles. The zero-order chi connectivity index (χ0) is 27.0. The van der Waals surface area contributed by atoms with Crippen LogP contribution in [0.5, 0.6) is 0 Å². The molecule has 3 aromatic rings. The number of nitrogens with zero attached hydrogens (tertiary/aromatic N) is 2. The molecule has 0 unspecified atom stereocenters. The van der Waals surface area contributed by atoms with Crippen molar-refractivity contribution in [3.63, 3.8) is 0 Å². The first-order chi connectivity index (χ1) is 18.2. The van der Waals surface area contributed by atoms with Crippen molar-refractivity contribution in [2.75, 3.05) is 24.3 Å². The van der Waals surface area contributed by atoms with E-state index in [4.69, 9.17) is 16.2 Å². The van der Waals surface area contributed by atoms with Crippen molar-refractivity contribution < 1.29 is 23.4 Å². The van der Waals surface area contributed by atoms with Gasteiger partial charge in [0, 0.05) is 25.5 Å². The van der Waals surface area contributed by atoms with Crippen LogP contribution in [0, 0.1) is 17.6 Å². The van der Waals surface area contributed by atoms with E-state index in [1.807, 2.05) is 13.0 Å². The van der Waals surface area contributed by atoms with Gasteiger partial charge >= 0.3 is 0 Å². The molecule has 3 heterocycles. The van der Waals surface area contributed by atoms with Crippen molar-refractivity contribution in [3.05, 3.63) is 59.0 Å². The summed E-state index contributed by atoms with van der Waals surface area (Å²) in [6, 6.07) is 4.11. The summed E-state index contributed by atoms with van der Waals surface area (Å²) in [7, 11) is 0. The van der Waals surface area contributed by atoms with E-state index >= 15 is 8.78 Å². The SMILES string of the molecule is C[C@H]1C[C@@H](c2ccncc2NC(=O)c2nc(-c3c(F)cc(C4CCOCC4)cc3F)sc2N)C[C@@H](N)[C@@H]1O. The number of nitrogen functional groups attached to an aromatic ring is 1. The number of nitrogens with one attached hydrogen (secondary N) is 1. The van der Waals surface area contributed by atoms with Gasteiger partial charge in [0.25, 0.3) is 5.91 Å². The number of hydrogen-bond donors (Lipinski definition) is 4. The Labute approximate surface area is 223 Å². The zero-order valence-electron chi connectivity index (χ0n) is 21.0. The van der Waals surface area contributed by atoms with Crippen molar-refractivity contribution in [2.24, 2.45) is 11.7 Å². The third-order valence-electron chi connectivity index (χ3n) is 7.62. The zero-order valence-corrected chi connectivity index (χ0v) is 21.8. The number of halogens is 2. The van der Waals surface area contributed by atoms with Crippen molar-refractivity contribution in [2.45, 2.75) is 56.6 Å². The van der Waals surface area contributed by atoms with Crippen LogP contribution in [0.3, 0.4) is 0 Å². The molecule has 1 aromatic carbocycles. The molecule has 2 aromatic heterocycles. The molecule has 202 valence electrons. The van der Waals surface area contributed by atoms with Crippen LogP contribution in [-0.4, -0.2) is 46.3 Å². The van der Waals surface area contributed by atoms with E-state index in [0.717, 1.165) is 16.9 Å². The number of benzene rings is 1. The molecular weight excluding hydrogens is 512 g/mol. The number of anilines is 2. The third-order valence-corrected chi connectivity index (χ3v) is 8.52. The second-order valence-corrected chi connectivity index (χ2v) is 11.2. The quantitative estimate of drug-likeness (QED) is 0.374. The molecule has 1 amide bonds. The molecule has 2 aliphatic rings. The maximum Gasteiger partial charge on any atom is 0.277 e. The number of amides is 1. The van der Waals surface area contributed by atoms with E-state index in [1.165, 1.54) is 18.3 Å². The van der Waals surface area contributed by atoms with E-state index < -0.39 is 23.6 Å². The summed E-state index contributed by atoms with van der Waals surface area (Å²) in [4.78, 5) is 21.5. The Hall–Kier alpha value is -2.99. The second kappa shape index (κ2) is 11.0. The van der Waals surface area contributed by atoms with Crippen LogP contribution >= 0.6 is 11.3 Å². The van der Waals surface area contributed by atoms with E-state index in [1.54, 1.807) is 6.20 Å². The largest absolute Gasteiger partial charge is 0.391 e. The van der Waals surface area contributed by atoms with Crippen molar-refractivity contribution in [1.29, 1.82) is 0 Å². The number of carbonyl (C=O) groups excluding carboxylic acids is 1. The summed E-state index contributed by atoms with van der Waals surface area (Å²) in [5.74, 6) is -2.05. The summed E-state index contributed by atoms with van der Waals surface area (Å²) >= 11 is 0.855. The first-order valence-electron chi connectivity index (χ1n) is 12.7. The number of ether oxygens (including phenoxy) is 1. The molecule has 38 heavy (non-hydrogen) atoms. The Morgan fingerprint density at radius 1 is 1.18 bits per heavy atom. The lowest BCUT2D eigenvalue weighted by atomic mass is 9.74. The molecule has 2 fully saturated rings. The predicted octanol–water partition coefficient (Wildman–Crippen LogP) is 4.41. The molecule has 1 saturated heterocycles. The first-order valence-corrected chi connectivity index (χ1v) is 13.6. The van der Waals surface area contributed by atoms with Gasteiger partial charge < -0.3 is 26.6 Å². The van der Waals surface area contributed by atoms with Crippen LogP contribution in [0.2, 0.25) is 0 Å². The number of hydrogen-bond acceptors (Lipinski definition) is 8. The number of thiazole rings is 1. The topological polar surface area (TPSA) is 136 Å². The first kappa shape index (κ1) is 26.6. The fourth-order valence-corrected chi connectivity index (χ4v) is 6.42. The Balaban J connectivity index is 1.38. The summed E-state index contributed by atoms with van der Waals surface area (Å²) in [6.07, 6.45) is 5.26. The number of rotatable bonds is 5. The molecule has 4 atom stereocenters. The van der Waals surface area contributed by atoms with Gasteiger partial charge in [-0.25, -0.2) is 13.8 Å². The third kappa shape index (κ3) is 5.28. The number of nitrogens with two attached hydrogens (primary N) is 2. The summed E-state index contributed by atoms with van der Waals surface area (Å²) in [5.41, 5.74) is 13.7. The highest BCUT2D eigenvalue weighted by Crippen LogP contribution is 2.40. The molecule has 0 radical (unpaired) electrons. The summed E-state index contributed by atoms with van der Waals surface area (Å²) in [6.45, 7) is 3.07. The van der Waals surface area contributed by atoms with Crippen LogP contribution in [-0.2, 0) is 4.74 Å². The maximum atomic E-state index is 15.1. The molecule has 5 rings (SSSR count). The average Bonchev–Trinajstić information content (AvgIpc) is 3.28. The van der Waals surface area contributed by atoms with Gasteiger partial charge in [0.15, 0.2) is 5.69 Å². The second-order valence-electron chi connectivity index (χ2n) is 10.2. The number of aromatic nitrogens is 2. The molecule has 11 heteroatoms. The maximum absolute atomic E-state index is 15.1. The fraction of sp³-hybridized carbons (Fsp3) is 0.444. The lowest BCUT2D eigenvalue weighted by Crippen LogP contribution is -2.44. The van der Waals surface area contributed by atoms with Gasteiger partial charge in [-0.15, -0.1) is 0 Å². The van der Waals surface area contributed by atoms with Crippen LogP contribution in [0.25, 0.3) is 10.6 Å². The molecule has 6 N–H and O–H groups in total. The van der Waals surface area contributed by atoms with Crippen molar-refractivity contribution in [1.82, 2.24) is 9.97 Å². The number of aliphatic hydroxyl groups excluding tert-OH is 1. The number of pyridine rings is 1. The molecular formula is C27H31F2N5O3S. The van der Waals surface area contributed by atoms with E-state index in [9.17, 15) is 9.90 Å². The Morgan fingerprint density at radius 3 is 2.58 bits per heavy atom. The van der Waals surface area contributed by atoms with Gasteiger partial charge in [0.05, 0.1) is 23.6 Å². The van der Waals surface area contributed by atoms with Crippen LogP contribution in [0.15, 0.2) is 30.6 Å². The smallest absolute Gasteiger partial charge is 0.277 e. The predicted molar refractivity (Wildman–Crippen MR) is 142 cm³/mol. The lowest BCUT2D eigenvalue weighted by molar-refractivity contribution is 0.0521. The van der Waals surface area contributed by atoms with Gasteiger partial charge in [-0.2, -0.15) is 0 Å². The minimum absolute atomic E-state index is 0.000150. The van der Waals surface area contributed by atoms with Crippen LogP contribution in [0.4, 0.5) is 19.5 Å². The van der Waals surface area contributed by atoms with Gasteiger partial charge in [-0.3, -0.25) is 9.78 Å². The lowest BCUT2D eigenvalue weighted by Gasteiger charge is -2.36. The highest BCUT2D eigenvalue weighted by atomic mass is 32.1. The van der Waals surface area contributed by atoms with Crippen LogP contribution < -0.4 is 16.8 Å². The van der Waals surface area contributed by atoms with Crippen LogP contribution in [0.1, 0.15) is 66.1 Å². The Bertz CT molecular complexity index is 1290. The minimum Gasteiger partial charge on any atom is -0.391 e.